The van der Waals surface area contributed by atoms with Gasteiger partial charge in [-0.1, -0.05) is 111 Å². The fourth-order valence-corrected chi connectivity index (χ4v) is 6.14. The van der Waals surface area contributed by atoms with Crippen molar-refractivity contribution in [2.24, 2.45) is 21.7 Å². The first kappa shape index (κ1) is 36.9. The van der Waals surface area contributed by atoms with Crippen LogP contribution in [0.4, 0.5) is 0 Å². The van der Waals surface area contributed by atoms with Crippen molar-refractivity contribution in [2.75, 3.05) is 13.2 Å². The third-order valence-electron chi connectivity index (χ3n) is 9.61. The molecule has 2 aliphatic rings. The van der Waals surface area contributed by atoms with Crippen LogP contribution in [0.15, 0.2) is 12.1 Å². The van der Waals surface area contributed by atoms with Gasteiger partial charge in [0, 0.05) is 10.8 Å². The Hall–Kier alpha value is -1.94. The van der Waals surface area contributed by atoms with Crippen LogP contribution in [0.5, 0.6) is 11.5 Å². The van der Waals surface area contributed by atoms with Crippen molar-refractivity contribution in [2.45, 2.75) is 67.2 Å². The highest BCUT2D eigenvalue weighted by Crippen LogP contribution is 2.59. The summed E-state index contributed by atoms with van der Waals surface area (Å²) in [6.07, 6.45) is 3.91. The Morgan fingerprint density at radius 3 is 1.20 bits per heavy atom. The summed E-state index contributed by atoms with van der Waals surface area (Å²) in [6, 6.07) is 2.25. The summed E-state index contributed by atoms with van der Waals surface area (Å²) < 4.78 is 21.5. The molecule has 14 heteroatoms. The number of hydrogen-bond acceptors (Lipinski definition) is 8. The number of carbonyl (C=O) groups excluding carboxylic acids is 4. The van der Waals surface area contributed by atoms with Gasteiger partial charge >= 0.3 is 23.9 Å². The van der Waals surface area contributed by atoms with Crippen LogP contribution in [0.2, 0.25) is 30.1 Å². The standard InChI is InChI=1S/C32H32Cl6O8/c1-29(2,31(5)7-8-31)13-43-25(39)19-21(37)15(33)11-17(35)23(19)45-27(41)28(42)46-24-18(36)12-16(34)22(38)20(24)26(40)44-14-30(3,4)32(6)9-10-32/h11-12H,7-10,13-14H2,1-6H3. The zero-order valence-electron chi connectivity index (χ0n) is 25.9. The molecule has 0 N–H and O–H groups in total. The van der Waals surface area contributed by atoms with Gasteiger partial charge in [-0.3, -0.25) is 0 Å². The Morgan fingerprint density at radius 2 is 0.913 bits per heavy atom. The van der Waals surface area contributed by atoms with Crippen molar-refractivity contribution in [1.82, 2.24) is 0 Å². The largest absolute Gasteiger partial charge is 0.461 e. The number of carbonyl (C=O) groups is 4. The van der Waals surface area contributed by atoms with Crippen LogP contribution < -0.4 is 9.47 Å². The molecule has 0 bridgehead atoms. The smallest absolute Gasteiger partial charge is 0.423 e. The zero-order valence-corrected chi connectivity index (χ0v) is 30.5. The molecule has 8 nitrogen and oxygen atoms in total. The van der Waals surface area contributed by atoms with Crippen LogP contribution in [-0.4, -0.2) is 37.1 Å². The quantitative estimate of drug-likeness (QED) is 0.102. The average Bonchev–Trinajstić information content (AvgIpc) is 3.90. The predicted molar refractivity (Wildman–Crippen MR) is 177 cm³/mol. The molecule has 0 aromatic heterocycles. The van der Waals surface area contributed by atoms with Gasteiger partial charge in [-0.05, 0) is 48.6 Å². The molecule has 0 saturated heterocycles. The second-order valence-electron chi connectivity index (χ2n) is 13.5. The van der Waals surface area contributed by atoms with Gasteiger partial charge in [0.1, 0.15) is 11.1 Å². The van der Waals surface area contributed by atoms with Crippen molar-refractivity contribution in [3.63, 3.8) is 0 Å². The maximum absolute atomic E-state index is 13.2. The van der Waals surface area contributed by atoms with Crippen LogP contribution in [0.25, 0.3) is 0 Å². The minimum Gasteiger partial charge on any atom is -0.461 e. The molecule has 2 saturated carbocycles. The molecule has 46 heavy (non-hydrogen) atoms. The van der Waals surface area contributed by atoms with Crippen LogP contribution in [0.1, 0.15) is 87.9 Å². The van der Waals surface area contributed by atoms with Gasteiger partial charge in [-0.2, -0.15) is 0 Å². The highest BCUT2D eigenvalue weighted by atomic mass is 35.5. The molecular formula is C32H32Cl6O8. The van der Waals surface area contributed by atoms with Gasteiger partial charge < -0.3 is 18.9 Å². The summed E-state index contributed by atoms with van der Waals surface area (Å²) in [5, 5.41) is -1.52. The third kappa shape index (κ3) is 7.37. The van der Waals surface area contributed by atoms with E-state index in [-0.39, 0.29) is 65.0 Å². The lowest BCUT2D eigenvalue weighted by Crippen LogP contribution is -2.31. The molecule has 250 valence electrons. The minimum absolute atomic E-state index is 0.00912. The van der Waals surface area contributed by atoms with Gasteiger partial charge in [-0.25, -0.2) is 19.2 Å². The lowest BCUT2D eigenvalue weighted by atomic mass is 9.78. The van der Waals surface area contributed by atoms with E-state index >= 15 is 0 Å². The summed E-state index contributed by atoms with van der Waals surface area (Å²) in [5.74, 6) is -6.44. The molecule has 4 rings (SSSR count). The summed E-state index contributed by atoms with van der Waals surface area (Å²) >= 11 is 37.5. The van der Waals surface area contributed by atoms with E-state index < -0.39 is 46.5 Å². The second kappa shape index (κ2) is 13.2. The first-order valence-electron chi connectivity index (χ1n) is 14.3. The Kier molecular flexibility index (Phi) is 10.6. The normalized spacial score (nSPS) is 16.3. The van der Waals surface area contributed by atoms with Crippen LogP contribution >= 0.6 is 69.6 Å². The maximum atomic E-state index is 13.2. The molecule has 0 amide bonds. The fourth-order valence-electron chi connectivity index (χ4n) is 4.70. The molecular weight excluding hydrogens is 725 g/mol. The van der Waals surface area contributed by atoms with Crippen LogP contribution in [-0.2, 0) is 19.1 Å². The summed E-state index contributed by atoms with van der Waals surface area (Å²) in [7, 11) is 0. The van der Waals surface area contributed by atoms with Crippen LogP contribution in [0, 0.1) is 21.7 Å². The highest BCUT2D eigenvalue weighted by Gasteiger charge is 2.51. The number of rotatable bonds is 10. The lowest BCUT2D eigenvalue weighted by molar-refractivity contribution is -0.156. The van der Waals surface area contributed by atoms with E-state index in [1.807, 2.05) is 27.7 Å². The van der Waals surface area contributed by atoms with E-state index in [1.54, 1.807) is 0 Å². The van der Waals surface area contributed by atoms with E-state index in [0.717, 1.165) is 37.8 Å². The number of halogens is 6. The topological polar surface area (TPSA) is 105 Å². The van der Waals surface area contributed by atoms with E-state index in [4.69, 9.17) is 88.6 Å². The van der Waals surface area contributed by atoms with Gasteiger partial charge in [0.2, 0.25) is 0 Å². The van der Waals surface area contributed by atoms with Crippen molar-refractivity contribution in [1.29, 1.82) is 0 Å². The summed E-state index contributed by atoms with van der Waals surface area (Å²) in [4.78, 5) is 52.5. The van der Waals surface area contributed by atoms with Crippen molar-refractivity contribution in [3.8, 4) is 11.5 Å². The van der Waals surface area contributed by atoms with Gasteiger partial charge in [0.15, 0.2) is 11.5 Å². The number of esters is 4. The minimum atomic E-state index is -1.65. The molecule has 0 aliphatic heterocycles. The van der Waals surface area contributed by atoms with E-state index in [2.05, 4.69) is 13.8 Å². The maximum Gasteiger partial charge on any atom is 0.423 e. The first-order valence-corrected chi connectivity index (χ1v) is 16.5. The molecule has 0 spiro atoms. The molecule has 0 atom stereocenters. The molecule has 0 unspecified atom stereocenters. The van der Waals surface area contributed by atoms with E-state index in [1.165, 1.54) is 0 Å². The Bertz CT molecular complexity index is 1510. The van der Waals surface area contributed by atoms with Gasteiger partial charge in [-0.15, -0.1) is 0 Å². The Labute approximate surface area is 297 Å². The van der Waals surface area contributed by atoms with Gasteiger partial charge in [0.05, 0.1) is 43.3 Å². The summed E-state index contributed by atoms with van der Waals surface area (Å²) in [5.41, 5.74) is -1.71. The molecule has 2 fully saturated rings. The zero-order chi connectivity index (χ0) is 34.6. The number of hydrogen-bond donors (Lipinski definition) is 0. The Balaban J connectivity index is 1.56. The van der Waals surface area contributed by atoms with Crippen molar-refractivity contribution in [3.05, 3.63) is 53.4 Å². The monoisotopic (exact) mass is 754 g/mol. The van der Waals surface area contributed by atoms with Gasteiger partial charge in [0.25, 0.3) is 0 Å². The van der Waals surface area contributed by atoms with E-state index in [0.29, 0.717) is 0 Å². The highest BCUT2D eigenvalue weighted by molar-refractivity contribution is 6.47. The fraction of sp³-hybridized carbons (Fsp3) is 0.500. The average molecular weight is 757 g/mol. The molecule has 2 aliphatic carbocycles. The van der Waals surface area contributed by atoms with Crippen molar-refractivity contribution < 1.29 is 38.1 Å². The molecule has 0 radical (unpaired) electrons. The first-order chi connectivity index (χ1) is 21.1. The molecule has 2 aromatic carbocycles. The van der Waals surface area contributed by atoms with Crippen LogP contribution in [0.3, 0.4) is 0 Å². The predicted octanol–water partition coefficient (Wildman–Crippen LogP) is 10.1. The lowest BCUT2D eigenvalue weighted by Gasteiger charge is -2.31. The molecule has 2 aromatic rings. The van der Waals surface area contributed by atoms with E-state index in [9.17, 15) is 19.2 Å². The number of ether oxygens (including phenoxy) is 4. The number of benzene rings is 2. The Morgan fingerprint density at radius 1 is 0.609 bits per heavy atom. The SMILES string of the molecule is CC(C)(COC(=O)c1c(Cl)c(Cl)cc(Cl)c1OC(=O)C(=O)Oc1c(Cl)cc(Cl)c(Cl)c1C(=O)OCC(C)(C)C1(C)CC1)C1(C)CC1. The summed E-state index contributed by atoms with van der Waals surface area (Å²) in [6.45, 7) is 12.1. The third-order valence-corrected chi connectivity index (χ3v) is 11.7. The molecule has 0 heterocycles. The van der Waals surface area contributed by atoms with Crippen molar-refractivity contribution >= 4 is 93.5 Å². The second-order valence-corrected chi connectivity index (χ2v) is 15.9.